The average molecular weight is 330 g/mol. The largest absolute Gasteiger partial charge is 0.472 e. The predicted octanol–water partition coefficient (Wildman–Crippen LogP) is 2.62. The molecular weight excluding hydrogens is 304 g/mol. The van der Waals surface area contributed by atoms with Gasteiger partial charge >= 0.3 is 0 Å². The van der Waals surface area contributed by atoms with Crippen molar-refractivity contribution in [2.75, 3.05) is 19.7 Å². The Labute approximate surface area is 142 Å². The van der Waals surface area contributed by atoms with Gasteiger partial charge in [0, 0.05) is 19.3 Å². The molecule has 2 saturated heterocycles. The number of aromatic nitrogens is 3. The van der Waals surface area contributed by atoms with E-state index in [9.17, 15) is 0 Å². The Kier molecular flexibility index (Phi) is 4.41. The van der Waals surface area contributed by atoms with E-state index in [2.05, 4.69) is 40.3 Å². The zero-order chi connectivity index (χ0) is 16.5. The van der Waals surface area contributed by atoms with Gasteiger partial charge in [0.2, 0.25) is 5.88 Å². The molecule has 2 fully saturated rings. The summed E-state index contributed by atoms with van der Waals surface area (Å²) in [4.78, 5) is 12.2. The first-order valence-electron chi connectivity index (χ1n) is 9.01. The number of rotatable bonds is 3. The topological polar surface area (TPSA) is 72.1 Å². The van der Waals surface area contributed by atoms with Crippen molar-refractivity contribution >= 4 is 11.0 Å². The fraction of sp³-hybridized carbons (Fsp3) is 0.667. The molecule has 2 N–H and O–H groups in total. The van der Waals surface area contributed by atoms with Crippen molar-refractivity contribution in [3.63, 3.8) is 0 Å². The number of piperidine rings is 1. The quantitative estimate of drug-likeness (QED) is 0.905. The van der Waals surface area contributed by atoms with Crippen LogP contribution in [0.15, 0.2) is 12.5 Å². The minimum Gasteiger partial charge on any atom is -0.472 e. The van der Waals surface area contributed by atoms with E-state index >= 15 is 0 Å². The number of hydrogen-bond donors (Lipinski definition) is 2. The van der Waals surface area contributed by atoms with Crippen LogP contribution in [0.2, 0.25) is 0 Å². The summed E-state index contributed by atoms with van der Waals surface area (Å²) >= 11 is 0. The number of nitrogens with zero attached hydrogens (tertiary/aromatic N) is 2. The van der Waals surface area contributed by atoms with Crippen molar-refractivity contribution in [1.82, 2.24) is 20.3 Å². The van der Waals surface area contributed by atoms with Gasteiger partial charge in [-0.1, -0.05) is 6.92 Å². The highest BCUT2D eigenvalue weighted by molar-refractivity contribution is 5.85. The van der Waals surface area contributed by atoms with Crippen LogP contribution < -0.4 is 10.1 Å². The molecule has 24 heavy (non-hydrogen) atoms. The average Bonchev–Trinajstić information content (AvgIpc) is 3.00. The van der Waals surface area contributed by atoms with Crippen LogP contribution in [0, 0.1) is 5.92 Å². The summed E-state index contributed by atoms with van der Waals surface area (Å²) in [7, 11) is 0. The van der Waals surface area contributed by atoms with Crippen LogP contribution in [0.4, 0.5) is 0 Å². The van der Waals surface area contributed by atoms with E-state index < -0.39 is 0 Å². The third-order valence-electron chi connectivity index (χ3n) is 5.20. The van der Waals surface area contributed by atoms with Crippen molar-refractivity contribution in [2.24, 2.45) is 5.92 Å². The van der Waals surface area contributed by atoms with Crippen molar-refractivity contribution in [2.45, 2.75) is 51.2 Å². The van der Waals surface area contributed by atoms with E-state index in [0.717, 1.165) is 55.9 Å². The third kappa shape index (κ3) is 3.13. The summed E-state index contributed by atoms with van der Waals surface area (Å²) in [6.45, 7) is 7.15. The van der Waals surface area contributed by atoms with Gasteiger partial charge in [-0.2, -0.15) is 0 Å². The number of fused-ring (bicyclic) bond motifs is 1. The minimum absolute atomic E-state index is 0.170. The van der Waals surface area contributed by atoms with Gasteiger partial charge in [0.25, 0.3) is 0 Å². The van der Waals surface area contributed by atoms with Gasteiger partial charge < -0.3 is 19.8 Å². The van der Waals surface area contributed by atoms with Crippen molar-refractivity contribution in [1.29, 1.82) is 0 Å². The van der Waals surface area contributed by atoms with Crippen LogP contribution in [-0.2, 0) is 4.74 Å². The summed E-state index contributed by atoms with van der Waals surface area (Å²) in [6.07, 6.45) is 7.26. The first kappa shape index (κ1) is 15.8. The van der Waals surface area contributed by atoms with Gasteiger partial charge in [-0.25, -0.2) is 9.97 Å². The number of aromatic amines is 1. The van der Waals surface area contributed by atoms with E-state index in [1.165, 1.54) is 5.56 Å². The normalized spacial score (nSPS) is 31.2. The molecule has 0 amide bonds. The summed E-state index contributed by atoms with van der Waals surface area (Å²) in [5, 5.41) is 4.49. The second kappa shape index (κ2) is 6.69. The number of ether oxygens (including phenoxy) is 2. The van der Waals surface area contributed by atoms with E-state index in [1.54, 1.807) is 6.33 Å². The molecule has 4 atom stereocenters. The fourth-order valence-electron chi connectivity index (χ4n) is 4.00. The number of hydrogen-bond acceptors (Lipinski definition) is 5. The highest BCUT2D eigenvalue weighted by atomic mass is 16.5. The van der Waals surface area contributed by atoms with Crippen LogP contribution in [0.25, 0.3) is 11.0 Å². The van der Waals surface area contributed by atoms with Gasteiger partial charge in [-0.05, 0) is 50.1 Å². The Balaban J connectivity index is 1.64. The van der Waals surface area contributed by atoms with Crippen LogP contribution in [-0.4, -0.2) is 46.9 Å². The second-order valence-electron chi connectivity index (χ2n) is 7.29. The summed E-state index contributed by atoms with van der Waals surface area (Å²) in [5.74, 6) is 1.82. The fourth-order valence-corrected chi connectivity index (χ4v) is 4.00. The molecule has 0 radical (unpaired) electrons. The van der Waals surface area contributed by atoms with E-state index in [-0.39, 0.29) is 6.10 Å². The van der Waals surface area contributed by atoms with E-state index in [1.807, 2.05) is 0 Å². The highest BCUT2D eigenvalue weighted by Crippen LogP contribution is 2.37. The number of nitrogens with one attached hydrogen (secondary N) is 2. The highest BCUT2D eigenvalue weighted by Gasteiger charge is 2.27. The Hall–Kier alpha value is -1.66. The second-order valence-corrected chi connectivity index (χ2v) is 7.29. The molecule has 6 heteroatoms. The monoisotopic (exact) mass is 330 g/mol. The maximum Gasteiger partial charge on any atom is 0.226 e. The molecule has 2 unspecified atom stereocenters. The molecule has 0 bridgehead atoms. The predicted molar refractivity (Wildman–Crippen MR) is 92.3 cm³/mol. The molecule has 2 aromatic heterocycles. The molecule has 6 nitrogen and oxygen atoms in total. The zero-order valence-electron chi connectivity index (χ0n) is 14.4. The molecule has 0 aliphatic carbocycles. The first-order valence-corrected chi connectivity index (χ1v) is 9.01. The molecule has 130 valence electrons. The maximum absolute atomic E-state index is 6.29. The van der Waals surface area contributed by atoms with E-state index in [0.29, 0.717) is 17.9 Å². The standard InChI is InChI=1S/C18H26N4O2/c1-11-5-14(8-19-7-11)24-18-16-15(9-20-17(16)21-10-22-18)13-3-4-23-12(2)6-13/h9-14,19H,3-8H2,1-2H3,(H,20,21,22)/t11-,12?,13?,14+/m0/s1. The van der Waals surface area contributed by atoms with Crippen LogP contribution in [0.3, 0.4) is 0 Å². The van der Waals surface area contributed by atoms with Gasteiger partial charge in [-0.3, -0.25) is 0 Å². The first-order chi connectivity index (χ1) is 11.7. The molecule has 4 heterocycles. The van der Waals surface area contributed by atoms with Crippen molar-refractivity contribution in [3.05, 3.63) is 18.1 Å². The molecule has 4 rings (SSSR count). The van der Waals surface area contributed by atoms with Crippen LogP contribution >= 0.6 is 0 Å². The Bertz CT molecular complexity index is 701. The number of H-pyrrole nitrogens is 1. The van der Waals surface area contributed by atoms with Gasteiger partial charge in [-0.15, -0.1) is 0 Å². The Morgan fingerprint density at radius 2 is 2.12 bits per heavy atom. The molecule has 2 aliphatic rings. The van der Waals surface area contributed by atoms with Gasteiger partial charge in [0.05, 0.1) is 11.5 Å². The SMILES string of the molecule is CC1CC(c2c[nH]c3ncnc(O[C@H]4CNC[C@@H](C)C4)c23)CCO1. The smallest absolute Gasteiger partial charge is 0.226 e. The maximum atomic E-state index is 6.29. The summed E-state index contributed by atoms with van der Waals surface area (Å²) in [5.41, 5.74) is 2.14. The van der Waals surface area contributed by atoms with Crippen LogP contribution in [0.1, 0.15) is 44.6 Å². The zero-order valence-corrected chi connectivity index (χ0v) is 14.4. The minimum atomic E-state index is 0.170. The third-order valence-corrected chi connectivity index (χ3v) is 5.20. The lowest BCUT2D eigenvalue weighted by atomic mass is 9.89. The molecule has 2 aliphatic heterocycles. The molecular formula is C18H26N4O2. The van der Waals surface area contributed by atoms with Gasteiger partial charge in [0.1, 0.15) is 18.1 Å². The van der Waals surface area contributed by atoms with Crippen molar-refractivity contribution in [3.8, 4) is 5.88 Å². The lowest BCUT2D eigenvalue weighted by Gasteiger charge is -2.29. The lowest BCUT2D eigenvalue weighted by molar-refractivity contribution is 0.0188. The molecule has 0 spiro atoms. The van der Waals surface area contributed by atoms with Crippen LogP contribution in [0.5, 0.6) is 5.88 Å². The van der Waals surface area contributed by atoms with Crippen molar-refractivity contribution < 1.29 is 9.47 Å². The Morgan fingerprint density at radius 3 is 2.96 bits per heavy atom. The molecule has 2 aromatic rings. The summed E-state index contributed by atoms with van der Waals surface area (Å²) in [6, 6.07) is 0. The van der Waals surface area contributed by atoms with Gasteiger partial charge in [0.15, 0.2) is 0 Å². The molecule has 0 saturated carbocycles. The lowest BCUT2D eigenvalue weighted by Crippen LogP contribution is -2.41. The summed E-state index contributed by atoms with van der Waals surface area (Å²) < 4.78 is 12.0. The van der Waals surface area contributed by atoms with E-state index in [4.69, 9.17) is 9.47 Å². The Morgan fingerprint density at radius 1 is 1.21 bits per heavy atom. The molecule has 0 aromatic carbocycles.